The zero-order valence-corrected chi connectivity index (χ0v) is 8.41. The van der Waals surface area contributed by atoms with Gasteiger partial charge in [0.05, 0.1) is 0 Å². The second-order valence-electron chi connectivity index (χ2n) is 2.59. The van der Waals surface area contributed by atoms with Gasteiger partial charge >= 0.3 is 0 Å². The van der Waals surface area contributed by atoms with Crippen LogP contribution in [0.4, 0.5) is 0 Å². The molecule has 1 aromatic rings. The van der Waals surface area contributed by atoms with Crippen molar-refractivity contribution in [2.75, 3.05) is 13.6 Å². The van der Waals surface area contributed by atoms with E-state index >= 15 is 0 Å². The van der Waals surface area contributed by atoms with Crippen LogP contribution in [-0.4, -0.2) is 13.6 Å². The standard InChI is InChI=1S/C9H11Cl2N.H2/c1-12-5-4-7-2-3-8(10)6-9(7)11;/h2-3,6,12H,4-5H2,1H3;1H. The Morgan fingerprint density at radius 2 is 2.17 bits per heavy atom. The Balaban J connectivity index is 0.00000144. The highest BCUT2D eigenvalue weighted by Gasteiger charge is 1.99. The molecule has 0 unspecified atom stereocenters. The second-order valence-corrected chi connectivity index (χ2v) is 3.43. The maximum atomic E-state index is 5.95. The molecule has 3 heteroatoms. The first-order valence-electron chi connectivity index (χ1n) is 3.82. The van der Waals surface area contributed by atoms with E-state index in [1.807, 2.05) is 19.2 Å². The first-order chi connectivity index (χ1) is 5.74. The number of rotatable bonds is 3. The lowest BCUT2D eigenvalue weighted by Gasteiger charge is -2.03. The molecule has 0 aliphatic rings. The summed E-state index contributed by atoms with van der Waals surface area (Å²) in [5.74, 6) is 0. The summed E-state index contributed by atoms with van der Waals surface area (Å²) >= 11 is 11.7. The highest BCUT2D eigenvalue weighted by molar-refractivity contribution is 6.35. The van der Waals surface area contributed by atoms with Gasteiger partial charge in [0.15, 0.2) is 0 Å². The molecule has 0 atom stereocenters. The summed E-state index contributed by atoms with van der Waals surface area (Å²) in [7, 11) is 1.92. The molecule has 1 aromatic carbocycles. The van der Waals surface area contributed by atoms with Crippen molar-refractivity contribution >= 4 is 23.2 Å². The van der Waals surface area contributed by atoms with E-state index in [1.165, 1.54) is 0 Å². The molecule has 68 valence electrons. The van der Waals surface area contributed by atoms with Crippen molar-refractivity contribution < 1.29 is 1.43 Å². The molecule has 0 fully saturated rings. The van der Waals surface area contributed by atoms with E-state index in [0.29, 0.717) is 5.02 Å². The van der Waals surface area contributed by atoms with Crippen molar-refractivity contribution in [3.63, 3.8) is 0 Å². The number of halogens is 2. The van der Waals surface area contributed by atoms with Gasteiger partial charge in [-0.3, -0.25) is 0 Å². The molecule has 0 radical (unpaired) electrons. The fraction of sp³-hybridized carbons (Fsp3) is 0.333. The monoisotopic (exact) mass is 205 g/mol. The van der Waals surface area contributed by atoms with Crippen molar-refractivity contribution in [1.29, 1.82) is 0 Å². The molecule has 0 saturated carbocycles. The number of hydrogen-bond donors (Lipinski definition) is 1. The zero-order valence-electron chi connectivity index (χ0n) is 6.90. The van der Waals surface area contributed by atoms with E-state index in [1.54, 1.807) is 6.07 Å². The summed E-state index contributed by atoms with van der Waals surface area (Å²) < 4.78 is 0. The van der Waals surface area contributed by atoms with Gasteiger partial charge in [0.1, 0.15) is 0 Å². The molecule has 0 heterocycles. The van der Waals surface area contributed by atoms with Crippen LogP contribution in [0.2, 0.25) is 10.0 Å². The van der Waals surface area contributed by atoms with Gasteiger partial charge in [-0.15, -0.1) is 0 Å². The normalized spacial score (nSPS) is 10.2. The maximum absolute atomic E-state index is 5.95. The minimum atomic E-state index is 0. The van der Waals surface area contributed by atoms with Crippen molar-refractivity contribution in [1.82, 2.24) is 5.32 Å². The van der Waals surface area contributed by atoms with Crippen LogP contribution in [0.25, 0.3) is 0 Å². The van der Waals surface area contributed by atoms with Gasteiger partial charge in [-0.2, -0.15) is 0 Å². The number of nitrogens with one attached hydrogen (secondary N) is 1. The van der Waals surface area contributed by atoms with E-state index in [-0.39, 0.29) is 1.43 Å². The lowest BCUT2D eigenvalue weighted by Crippen LogP contribution is -2.10. The third-order valence-electron chi connectivity index (χ3n) is 1.66. The van der Waals surface area contributed by atoms with Gasteiger partial charge in [0.2, 0.25) is 0 Å². The van der Waals surface area contributed by atoms with E-state index in [2.05, 4.69) is 5.32 Å². The predicted octanol–water partition coefficient (Wildman–Crippen LogP) is 3.00. The molecule has 0 amide bonds. The molecular formula is C9H13Cl2N. The quantitative estimate of drug-likeness (QED) is 0.801. The van der Waals surface area contributed by atoms with Crippen LogP contribution < -0.4 is 5.32 Å². The van der Waals surface area contributed by atoms with Gasteiger partial charge in [0, 0.05) is 11.5 Å². The number of likely N-dealkylation sites (N-methyl/N-ethyl adjacent to an activating group) is 1. The highest BCUT2D eigenvalue weighted by atomic mass is 35.5. The minimum Gasteiger partial charge on any atom is -0.319 e. The van der Waals surface area contributed by atoms with Crippen molar-refractivity contribution in [2.24, 2.45) is 0 Å². The molecule has 1 N–H and O–H groups in total. The lowest BCUT2D eigenvalue weighted by atomic mass is 10.1. The molecule has 1 rings (SSSR count). The van der Waals surface area contributed by atoms with Crippen LogP contribution in [0.3, 0.4) is 0 Å². The summed E-state index contributed by atoms with van der Waals surface area (Å²) in [5, 5.41) is 4.50. The molecule has 0 saturated heterocycles. The Hall–Kier alpha value is -0.240. The van der Waals surface area contributed by atoms with Crippen LogP contribution in [0.5, 0.6) is 0 Å². The third kappa shape index (κ3) is 2.67. The van der Waals surface area contributed by atoms with Gasteiger partial charge in [-0.05, 0) is 37.7 Å². The first kappa shape index (κ1) is 9.85. The average Bonchev–Trinajstić information content (AvgIpc) is 2.03. The first-order valence-corrected chi connectivity index (χ1v) is 4.58. The Morgan fingerprint density at radius 1 is 1.42 bits per heavy atom. The van der Waals surface area contributed by atoms with E-state index in [0.717, 1.165) is 23.6 Å². The zero-order chi connectivity index (χ0) is 8.97. The Labute approximate surface area is 84.2 Å². The molecule has 0 aliphatic heterocycles. The number of benzene rings is 1. The predicted molar refractivity (Wildman–Crippen MR) is 56.2 cm³/mol. The van der Waals surface area contributed by atoms with Crippen LogP contribution in [0, 0.1) is 0 Å². The molecule has 0 spiro atoms. The van der Waals surface area contributed by atoms with Crippen molar-refractivity contribution in [3.05, 3.63) is 33.8 Å². The smallest absolute Gasteiger partial charge is 0.0453 e. The van der Waals surface area contributed by atoms with Crippen LogP contribution in [-0.2, 0) is 6.42 Å². The van der Waals surface area contributed by atoms with Gasteiger partial charge in [0.25, 0.3) is 0 Å². The molecule has 12 heavy (non-hydrogen) atoms. The summed E-state index contributed by atoms with van der Waals surface area (Å²) in [4.78, 5) is 0. The second kappa shape index (κ2) is 4.70. The minimum absolute atomic E-state index is 0. The topological polar surface area (TPSA) is 12.0 Å². The third-order valence-corrected chi connectivity index (χ3v) is 2.25. The van der Waals surface area contributed by atoms with Crippen LogP contribution >= 0.6 is 23.2 Å². The summed E-state index contributed by atoms with van der Waals surface area (Å²) in [6.07, 6.45) is 0.937. The molecule has 0 aromatic heterocycles. The Kier molecular flexibility index (Phi) is 3.86. The fourth-order valence-corrected chi connectivity index (χ4v) is 1.49. The van der Waals surface area contributed by atoms with Crippen molar-refractivity contribution in [3.8, 4) is 0 Å². The molecule has 0 bridgehead atoms. The van der Waals surface area contributed by atoms with Crippen LogP contribution in [0.15, 0.2) is 18.2 Å². The maximum Gasteiger partial charge on any atom is 0.0453 e. The largest absolute Gasteiger partial charge is 0.319 e. The van der Waals surface area contributed by atoms with E-state index < -0.39 is 0 Å². The summed E-state index contributed by atoms with van der Waals surface area (Å²) in [6, 6.07) is 5.59. The van der Waals surface area contributed by atoms with Gasteiger partial charge < -0.3 is 5.32 Å². The van der Waals surface area contributed by atoms with E-state index in [9.17, 15) is 0 Å². The molecule has 1 nitrogen and oxygen atoms in total. The van der Waals surface area contributed by atoms with Gasteiger partial charge in [-0.25, -0.2) is 0 Å². The van der Waals surface area contributed by atoms with Crippen molar-refractivity contribution in [2.45, 2.75) is 6.42 Å². The highest BCUT2D eigenvalue weighted by Crippen LogP contribution is 2.20. The number of hydrogen-bond acceptors (Lipinski definition) is 1. The summed E-state index contributed by atoms with van der Waals surface area (Å²) in [6.45, 7) is 0.932. The van der Waals surface area contributed by atoms with Crippen LogP contribution in [0.1, 0.15) is 6.99 Å². The Bertz CT molecular complexity index is 266. The fourth-order valence-electron chi connectivity index (χ4n) is 0.984. The average molecular weight is 206 g/mol. The molecule has 0 aliphatic carbocycles. The van der Waals surface area contributed by atoms with E-state index in [4.69, 9.17) is 23.2 Å². The SMILES string of the molecule is CNCCc1ccc(Cl)cc1Cl.[HH]. The Morgan fingerprint density at radius 3 is 2.75 bits per heavy atom. The summed E-state index contributed by atoms with van der Waals surface area (Å²) in [5.41, 5.74) is 1.13. The lowest BCUT2D eigenvalue weighted by molar-refractivity contribution is 0.792. The van der Waals surface area contributed by atoms with Gasteiger partial charge in [-0.1, -0.05) is 29.3 Å². The molecular weight excluding hydrogens is 193 g/mol.